The van der Waals surface area contributed by atoms with E-state index in [-0.39, 0.29) is 23.0 Å². The Labute approximate surface area is 122 Å². The summed E-state index contributed by atoms with van der Waals surface area (Å²) < 4.78 is 45.9. The van der Waals surface area contributed by atoms with E-state index >= 15 is 0 Å². The first kappa shape index (κ1) is 13.1. The average molecular weight is 306 g/mol. The van der Waals surface area contributed by atoms with Gasteiger partial charge in [0.05, 0.1) is 17.6 Å². The van der Waals surface area contributed by atoms with E-state index in [1.165, 1.54) is 0 Å². The Hall–Kier alpha value is -2.64. The van der Waals surface area contributed by atoms with E-state index in [0.29, 0.717) is 12.1 Å². The minimum Gasteiger partial charge on any atom is -0.474 e. The number of para-hydroxylation sites is 2. The van der Waals surface area contributed by atoms with Crippen LogP contribution in [0.2, 0.25) is 0 Å². The van der Waals surface area contributed by atoms with E-state index in [1.807, 2.05) is 12.2 Å². The summed E-state index contributed by atoms with van der Waals surface area (Å²) in [7, 11) is 0. The van der Waals surface area contributed by atoms with Crippen LogP contribution < -0.4 is 4.74 Å². The summed E-state index contributed by atoms with van der Waals surface area (Å²) in [5.74, 6) is -0.829. The Balaban J connectivity index is 1.96. The molecule has 0 spiro atoms. The zero-order valence-corrected chi connectivity index (χ0v) is 11.1. The van der Waals surface area contributed by atoms with Gasteiger partial charge in [-0.05, 0) is 12.1 Å². The largest absolute Gasteiger partial charge is 0.474 e. The van der Waals surface area contributed by atoms with Gasteiger partial charge in [0.25, 0.3) is 5.88 Å². The molecule has 0 saturated heterocycles. The van der Waals surface area contributed by atoms with Gasteiger partial charge < -0.3 is 4.74 Å². The SMILES string of the molecule is FC(F)(F)c1nnc2c(OCC3C=C3)nc3ccccc3n12. The normalized spacial score (nSPS) is 14.9. The Morgan fingerprint density at radius 1 is 1.14 bits per heavy atom. The number of rotatable bonds is 3. The molecule has 22 heavy (non-hydrogen) atoms. The molecule has 5 nitrogen and oxygen atoms in total. The summed E-state index contributed by atoms with van der Waals surface area (Å²) in [6, 6.07) is 6.50. The third-order valence-electron chi connectivity index (χ3n) is 3.33. The van der Waals surface area contributed by atoms with E-state index in [4.69, 9.17) is 4.74 Å². The van der Waals surface area contributed by atoms with Gasteiger partial charge >= 0.3 is 6.18 Å². The highest BCUT2D eigenvalue weighted by Crippen LogP contribution is 2.32. The fraction of sp³-hybridized carbons (Fsp3) is 0.214. The minimum atomic E-state index is -4.61. The predicted octanol–water partition coefficient (Wildman–Crippen LogP) is 2.86. The van der Waals surface area contributed by atoms with Crippen molar-refractivity contribution in [3.63, 3.8) is 0 Å². The number of hydrogen-bond acceptors (Lipinski definition) is 4. The third-order valence-corrected chi connectivity index (χ3v) is 3.33. The van der Waals surface area contributed by atoms with Crippen LogP contribution in [0, 0.1) is 5.92 Å². The maximum absolute atomic E-state index is 13.1. The summed E-state index contributed by atoms with van der Waals surface area (Å²) in [4.78, 5) is 4.26. The number of hydrogen-bond donors (Lipinski definition) is 0. The van der Waals surface area contributed by atoms with E-state index in [9.17, 15) is 13.2 Å². The highest BCUT2D eigenvalue weighted by atomic mass is 19.4. The first-order chi connectivity index (χ1) is 10.5. The highest BCUT2D eigenvalue weighted by molar-refractivity contribution is 5.79. The van der Waals surface area contributed by atoms with Gasteiger partial charge in [-0.2, -0.15) is 13.2 Å². The second-order valence-corrected chi connectivity index (χ2v) is 4.95. The van der Waals surface area contributed by atoms with Crippen molar-refractivity contribution in [1.82, 2.24) is 19.6 Å². The van der Waals surface area contributed by atoms with E-state index in [0.717, 1.165) is 4.40 Å². The van der Waals surface area contributed by atoms with Crippen molar-refractivity contribution >= 4 is 16.7 Å². The summed E-state index contributed by atoms with van der Waals surface area (Å²) >= 11 is 0. The Kier molecular flexibility index (Phi) is 2.63. The molecule has 3 aromatic rings. The number of aromatic nitrogens is 4. The average Bonchev–Trinajstić information content (AvgIpc) is 3.18. The van der Waals surface area contributed by atoms with Crippen molar-refractivity contribution in [2.45, 2.75) is 6.18 Å². The Bertz CT molecular complexity index is 894. The summed E-state index contributed by atoms with van der Waals surface area (Å²) in [6.07, 6.45) is -0.745. The molecule has 0 atom stereocenters. The van der Waals surface area contributed by atoms with Crippen molar-refractivity contribution in [1.29, 1.82) is 0 Å². The molecule has 0 aliphatic heterocycles. The van der Waals surface area contributed by atoms with Crippen molar-refractivity contribution < 1.29 is 17.9 Å². The summed E-state index contributed by atoms with van der Waals surface area (Å²) in [5.41, 5.74) is 0.637. The zero-order valence-electron chi connectivity index (χ0n) is 11.1. The fourth-order valence-corrected chi connectivity index (χ4v) is 2.20. The fourth-order valence-electron chi connectivity index (χ4n) is 2.20. The molecule has 0 saturated carbocycles. The van der Waals surface area contributed by atoms with Crippen LogP contribution in [0.4, 0.5) is 13.2 Å². The van der Waals surface area contributed by atoms with Crippen LogP contribution in [-0.2, 0) is 6.18 Å². The third kappa shape index (κ3) is 2.07. The monoisotopic (exact) mass is 306 g/mol. The molecule has 0 bridgehead atoms. The number of halogens is 3. The van der Waals surface area contributed by atoms with Gasteiger partial charge in [-0.3, -0.25) is 4.40 Å². The second kappa shape index (κ2) is 4.43. The Morgan fingerprint density at radius 3 is 2.64 bits per heavy atom. The van der Waals surface area contributed by atoms with E-state index < -0.39 is 12.0 Å². The lowest BCUT2D eigenvalue weighted by Crippen LogP contribution is -2.12. The van der Waals surface area contributed by atoms with Crippen molar-refractivity contribution in [3.05, 3.63) is 42.2 Å². The number of fused-ring (bicyclic) bond motifs is 3. The van der Waals surface area contributed by atoms with E-state index in [2.05, 4.69) is 15.2 Å². The molecule has 112 valence electrons. The standard InChI is InChI=1S/C14H9F3N4O/c15-14(16,17)13-20-19-11-12(22-7-8-5-6-8)18-9-3-1-2-4-10(9)21(11)13/h1-6,8H,7H2. The first-order valence-electron chi connectivity index (χ1n) is 6.56. The van der Waals surface area contributed by atoms with Crippen LogP contribution in [0.5, 0.6) is 5.88 Å². The van der Waals surface area contributed by atoms with Crippen LogP contribution in [0.3, 0.4) is 0 Å². The molecular weight excluding hydrogens is 297 g/mol. The second-order valence-electron chi connectivity index (χ2n) is 4.95. The molecule has 0 fully saturated rings. The lowest BCUT2D eigenvalue weighted by atomic mass is 10.3. The number of benzene rings is 1. The molecule has 0 amide bonds. The van der Waals surface area contributed by atoms with Gasteiger partial charge in [0.1, 0.15) is 0 Å². The molecule has 1 aliphatic rings. The quantitative estimate of drug-likeness (QED) is 0.698. The molecule has 1 aromatic carbocycles. The smallest absolute Gasteiger partial charge is 0.452 e. The highest BCUT2D eigenvalue weighted by Gasteiger charge is 2.38. The molecule has 0 radical (unpaired) electrons. The molecule has 2 heterocycles. The van der Waals surface area contributed by atoms with Gasteiger partial charge in [-0.15, -0.1) is 10.2 Å². The number of ether oxygens (including phenoxy) is 1. The minimum absolute atomic E-state index is 0.0355. The van der Waals surface area contributed by atoms with Crippen molar-refractivity contribution in [2.24, 2.45) is 5.92 Å². The topological polar surface area (TPSA) is 52.3 Å². The maximum atomic E-state index is 13.1. The molecule has 8 heteroatoms. The van der Waals surface area contributed by atoms with Gasteiger partial charge in [0.2, 0.25) is 11.5 Å². The van der Waals surface area contributed by atoms with Crippen LogP contribution in [0.25, 0.3) is 16.7 Å². The first-order valence-corrected chi connectivity index (χ1v) is 6.56. The molecule has 2 aromatic heterocycles. The maximum Gasteiger partial charge on any atom is 0.452 e. The lowest BCUT2D eigenvalue weighted by molar-refractivity contribution is -0.145. The van der Waals surface area contributed by atoms with Gasteiger partial charge in [0, 0.05) is 5.92 Å². The summed E-state index contributed by atoms with van der Waals surface area (Å²) in [6.45, 7) is 0.329. The van der Waals surface area contributed by atoms with Gasteiger partial charge in [-0.25, -0.2) is 4.98 Å². The molecular formula is C14H9F3N4O. The van der Waals surface area contributed by atoms with E-state index in [1.54, 1.807) is 24.3 Å². The van der Waals surface area contributed by atoms with Crippen LogP contribution in [0.1, 0.15) is 5.82 Å². The summed E-state index contributed by atoms with van der Waals surface area (Å²) in [5, 5.41) is 6.89. The predicted molar refractivity (Wildman–Crippen MR) is 71.4 cm³/mol. The lowest BCUT2D eigenvalue weighted by Gasteiger charge is -2.10. The molecule has 0 unspecified atom stereocenters. The van der Waals surface area contributed by atoms with Gasteiger partial charge in [0.15, 0.2) is 0 Å². The van der Waals surface area contributed by atoms with Crippen LogP contribution in [0.15, 0.2) is 36.4 Å². The number of nitrogens with zero attached hydrogens (tertiary/aromatic N) is 4. The van der Waals surface area contributed by atoms with Crippen LogP contribution >= 0.6 is 0 Å². The van der Waals surface area contributed by atoms with Crippen molar-refractivity contribution in [2.75, 3.05) is 6.61 Å². The van der Waals surface area contributed by atoms with Crippen LogP contribution in [-0.4, -0.2) is 26.2 Å². The molecule has 1 aliphatic carbocycles. The van der Waals surface area contributed by atoms with Crippen molar-refractivity contribution in [3.8, 4) is 5.88 Å². The Morgan fingerprint density at radius 2 is 1.91 bits per heavy atom. The molecule has 4 rings (SSSR count). The number of alkyl halides is 3. The molecule has 0 N–H and O–H groups in total. The zero-order chi connectivity index (χ0) is 15.3. The van der Waals surface area contributed by atoms with Gasteiger partial charge in [-0.1, -0.05) is 24.3 Å².